The third kappa shape index (κ3) is 3.15. The predicted octanol–water partition coefficient (Wildman–Crippen LogP) is 3.31. The van der Waals surface area contributed by atoms with Crippen LogP contribution in [0, 0.1) is 5.41 Å². The first-order valence-electron chi connectivity index (χ1n) is 6.96. The molecule has 3 N–H and O–H groups in total. The number of nitrogens with one attached hydrogen (secondary N) is 1. The van der Waals surface area contributed by atoms with Gasteiger partial charge in [-0.05, 0) is 40.9 Å². The molecule has 1 aliphatic rings. The summed E-state index contributed by atoms with van der Waals surface area (Å²) in [7, 11) is 1.61. The summed E-state index contributed by atoms with van der Waals surface area (Å²) in [5.41, 5.74) is 6.20. The molecule has 0 atom stereocenters. The van der Waals surface area contributed by atoms with Crippen molar-refractivity contribution < 1.29 is 9.53 Å². The molecule has 0 aromatic heterocycles. The Hall–Kier alpha value is -1.07. The molecule has 1 aromatic rings. The predicted molar refractivity (Wildman–Crippen MR) is 83.9 cm³/mol. The Kier molecular flexibility index (Phi) is 5.05. The van der Waals surface area contributed by atoms with Gasteiger partial charge < -0.3 is 15.8 Å². The van der Waals surface area contributed by atoms with Crippen LogP contribution in [0.3, 0.4) is 0 Å². The largest absolute Gasteiger partial charge is 0.497 e. The number of carbonyl (C=O) groups is 1. The normalized spacial score (nSPS) is 17.6. The topological polar surface area (TPSA) is 64.3 Å². The van der Waals surface area contributed by atoms with Gasteiger partial charge >= 0.3 is 0 Å². The molecule has 4 nitrogen and oxygen atoms in total. The summed E-state index contributed by atoms with van der Waals surface area (Å²) >= 11 is 3.45. The van der Waals surface area contributed by atoms with E-state index in [1.807, 2.05) is 18.2 Å². The van der Waals surface area contributed by atoms with Gasteiger partial charge in [-0.1, -0.05) is 19.3 Å². The van der Waals surface area contributed by atoms with Gasteiger partial charge in [0.05, 0.1) is 18.2 Å². The van der Waals surface area contributed by atoms with Crippen LogP contribution >= 0.6 is 15.9 Å². The van der Waals surface area contributed by atoms with E-state index in [9.17, 15) is 4.79 Å². The van der Waals surface area contributed by atoms with Crippen molar-refractivity contribution in [2.45, 2.75) is 32.1 Å². The Labute approximate surface area is 128 Å². The van der Waals surface area contributed by atoms with E-state index in [1.165, 1.54) is 6.42 Å². The zero-order chi connectivity index (χ0) is 14.6. The van der Waals surface area contributed by atoms with Crippen LogP contribution in [0.25, 0.3) is 0 Å². The van der Waals surface area contributed by atoms with Crippen LogP contribution in [-0.2, 0) is 4.79 Å². The average molecular weight is 341 g/mol. The average Bonchev–Trinajstić information content (AvgIpc) is 2.50. The number of hydrogen-bond donors (Lipinski definition) is 2. The number of benzene rings is 1. The molecular weight excluding hydrogens is 320 g/mol. The van der Waals surface area contributed by atoms with E-state index in [4.69, 9.17) is 10.5 Å². The van der Waals surface area contributed by atoms with E-state index in [2.05, 4.69) is 21.2 Å². The third-order valence-corrected chi connectivity index (χ3v) is 4.80. The molecule has 0 heterocycles. The van der Waals surface area contributed by atoms with Gasteiger partial charge in [0.15, 0.2) is 0 Å². The van der Waals surface area contributed by atoms with Gasteiger partial charge in [0, 0.05) is 17.1 Å². The highest BCUT2D eigenvalue weighted by Gasteiger charge is 2.38. The second-order valence-corrected chi connectivity index (χ2v) is 6.20. The van der Waals surface area contributed by atoms with E-state index in [0.29, 0.717) is 12.3 Å². The van der Waals surface area contributed by atoms with Crippen molar-refractivity contribution in [1.82, 2.24) is 0 Å². The number of methoxy groups -OCH3 is 1. The molecule has 1 aliphatic carbocycles. The summed E-state index contributed by atoms with van der Waals surface area (Å²) in [6.45, 7) is 0.403. The second kappa shape index (κ2) is 6.59. The zero-order valence-electron chi connectivity index (χ0n) is 11.7. The lowest BCUT2D eigenvalue weighted by atomic mass is 9.73. The lowest BCUT2D eigenvalue weighted by molar-refractivity contribution is -0.126. The highest BCUT2D eigenvalue weighted by molar-refractivity contribution is 9.10. The third-order valence-electron chi connectivity index (χ3n) is 4.10. The molecule has 1 fully saturated rings. The van der Waals surface area contributed by atoms with Gasteiger partial charge in [-0.2, -0.15) is 0 Å². The second-order valence-electron chi connectivity index (χ2n) is 5.35. The van der Waals surface area contributed by atoms with Crippen LogP contribution in [-0.4, -0.2) is 19.6 Å². The van der Waals surface area contributed by atoms with E-state index in [-0.39, 0.29) is 5.91 Å². The minimum absolute atomic E-state index is 0.0219. The molecule has 110 valence electrons. The van der Waals surface area contributed by atoms with Crippen molar-refractivity contribution >= 4 is 27.5 Å². The van der Waals surface area contributed by atoms with Crippen molar-refractivity contribution in [3.8, 4) is 5.75 Å². The highest BCUT2D eigenvalue weighted by Crippen LogP contribution is 2.37. The molecule has 0 saturated heterocycles. The highest BCUT2D eigenvalue weighted by atomic mass is 79.9. The first-order valence-corrected chi connectivity index (χ1v) is 7.76. The molecule has 2 rings (SSSR count). The molecule has 0 radical (unpaired) electrons. The maximum absolute atomic E-state index is 12.6. The number of hydrogen-bond acceptors (Lipinski definition) is 3. The summed E-state index contributed by atoms with van der Waals surface area (Å²) in [5, 5.41) is 3.00. The Morgan fingerprint density at radius 3 is 2.70 bits per heavy atom. The first-order chi connectivity index (χ1) is 9.61. The SMILES string of the molecule is COc1ccc(Br)c(NC(=O)C2(CN)CCCCC2)c1. The molecule has 1 aromatic carbocycles. The van der Waals surface area contributed by atoms with E-state index < -0.39 is 5.41 Å². The van der Waals surface area contributed by atoms with Gasteiger partial charge in [-0.3, -0.25) is 4.79 Å². The molecule has 20 heavy (non-hydrogen) atoms. The molecular formula is C15H21BrN2O2. The molecule has 0 spiro atoms. The van der Waals surface area contributed by atoms with Gasteiger partial charge in [0.2, 0.25) is 5.91 Å². The van der Waals surface area contributed by atoms with Gasteiger partial charge in [-0.15, -0.1) is 0 Å². The molecule has 0 aliphatic heterocycles. The maximum atomic E-state index is 12.6. The van der Waals surface area contributed by atoms with E-state index in [1.54, 1.807) is 7.11 Å². The lowest BCUT2D eigenvalue weighted by Gasteiger charge is -2.34. The standard InChI is InChI=1S/C15H21BrN2O2/c1-20-11-5-6-12(16)13(9-11)18-14(19)15(10-17)7-3-2-4-8-15/h5-6,9H,2-4,7-8,10,17H2,1H3,(H,18,19). The Bertz CT molecular complexity index is 485. The van der Waals surface area contributed by atoms with Crippen LogP contribution in [0.2, 0.25) is 0 Å². The minimum atomic E-state index is -0.416. The van der Waals surface area contributed by atoms with Gasteiger partial charge in [0.1, 0.15) is 5.75 Å². The number of carbonyl (C=O) groups excluding carboxylic acids is 1. The zero-order valence-corrected chi connectivity index (χ0v) is 13.3. The summed E-state index contributed by atoms with van der Waals surface area (Å²) in [4.78, 5) is 12.6. The Morgan fingerprint density at radius 1 is 1.40 bits per heavy atom. The molecule has 1 saturated carbocycles. The van der Waals surface area contributed by atoms with Crippen molar-refractivity contribution in [2.24, 2.45) is 11.1 Å². The number of ether oxygens (including phenoxy) is 1. The summed E-state index contributed by atoms with van der Waals surface area (Å²) < 4.78 is 6.03. The fourth-order valence-electron chi connectivity index (χ4n) is 2.73. The smallest absolute Gasteiger partial charge is 0.231 e. The quantitative estimate of drug-likeness (QED) is 0.883. The number of rotatable bonds is 4. The van der Waals surface area contributed by atoms with Crippen LogP contribution in [0.5, 0.6) is 5.75 Å². The Morgan fingerprint density at radius 2 is 2.10 bits per heavy atom. The molecule has 1 amide bonds. The van der Waals surface area contributed by atoms with Crippen LogP contribution in [0.15, 0.2) is 22.7 Å². The van der Waals surface area contributed by atoms with Crippen LogP contribution in [0.1, 0.15) is 32.1 Å². The van der Waals surface area contributed by atoms with Crippen LogP contribution in [0.4, 0.5) is 5.69 Å². The number of halogens is 1. The lowest BCUT2D eigenvalue weighted by Crippen LogP contribution is -2.43. The van der Waals surface area contributed by atoms with Crippen molar-refractivity contribution in [3.63, 3.8) is 0 Å². The minimum Gasteiger partial charge on any atom is -0.497 e. The Balaban J connectivity index is 2.18. The summed E-state index contributed by atoms with van der Waals surface area (Å²) in [5.74, 6) is 0.739. The molecule has 0 bridgehead atoms. The van der Waals surface area contributed by atoms with E-state index in [0.717, 1.165) is 35.8 Å². The van der Waals surface area contributed by atoms with E-state index >= 15 is 0 Å². The summed E-state index contributed by atoms with van der Waals surface area (Å²) in [6, 6.07) is 5.53. The fraction of sp³-hybridized carbons (Fsp3) is 0.533. The number of nitrogens with two attached hydrogens (primary N) is 1. The van der Waals surface area contributed by atoms with Gasteiger partial charge in [0.25, 0.3) is 0 Å². The van der Waals surface area contributed by atoms with Gasteiger partial charge in [-0.25, -0.2) is 0 Å². The van der Waals surface area contributed by atoms with Crippen LogP contribution < -0.4 is 15.8 Å². The van der Waals surface area contributed by atoms with Crippen molar-refractivity contribution in [2.75, 3.05) is 19.0 Å². The first kappa shape index (κ1) is 15.3. The molecule has 0 unspecified atom stereocenters. The molecule has 5 heteroatoms. The number of amides is 1. The fourth-order valence-corrected chi connectivity index (χ4v) is 3.08. The maximum Gasteiger partial charge on any atom is 0.231 e. The van der Waals surface area contributed by atoms with Crippen molar-refractivity contribution in [3.05, 3.63) is 22.7 Å². The summed E-state index contributed by atoms with van der Waals surface area (Å²) in [6.07, 6.45) is 5.08. The number of anilines is 1. The monoisotopic (exact) mass is 340 g/mol. The van der Waals surface area contributed by atoms with Crippen molar-refractivity contribution in [1.29, 1.82) is 0 Å².